The van der Waals surface area contributed by atoms with Crippen LogP contribution in [0.3, 0.4) is 0 Å². The van der Waals surface area contributed by atoms with E-state index in [-0.39, 0.29) is 18.4 Å². The molecule has 0 atom stereocenters. The standard InChI is InChI=1S/C23H20F3NOS/c24-23(25,26)19-11-9-16(10-12-19)14-27(22(28)18-7-4-8-18)20-13-21(29-15-20)17-5-2-1-3-6-17/h1-3,5-6,9-13,15,18H,4,7-8,14H2. The van der Waals surface area contributed by atoms with E-state index < -0.39 is 11.7 Å². The first-order chi connectivity index (χ1) is 13.9. The van der Waals surface area contributed by atoms with Gasteiger partial charge in [0.1, 0.15) is 0 Å². The normalized spacial score (nSPS) is 14.4. The maximum Gasteiger partial charge on any atom is 0.416 e. The molecule has 0 aliphatic heterocycles. The molecule has 2 aromatic carbocycles. The average molecular weight is 415 g/mol. The van der Waals surface area contributed by atoms with Crippen LogP contribution in [0.1, 0.15) is 30.4 Å². The van der Waals surface area contributed by atoms with Crippen molar-refractivity contribution in [1.82, 2.24) is 0 Å². The van der Waals surface area contributed by atoms with Gasteiger partial charge < -0.3 is 4.90 Å². The zero-order valence-electron chi connectivity index (χ0n) is 15.7. The molecular formula is C23H20F3NOS. The fourth-order valence-corrected chi connectivity index (χ4v) is 4.28. The summed E-state index contributed by atoms with van der Waals surface area (Å²) in [6.45, 7) is 0.262. The number of rotatable bonds is 5. The molecule has 1 saturated carbocycles. The van der Waals surface area contributed by atoms with Crippen LogP contribution in [0.4, 0.5) is 18.9 Å². The summed E-state index contributed by atoms with van der Waals surface area (Å²) in [6.07, 6.45) is -1.57. The number of carbonyl (C=O) groups excluding carboxylic acids is 1. The van der Waals surface area contributed by atoms with E-state index in [0.29, 0.717) is 5.56 Å². The smallest absolute Gasteiger partial charge is 0.307 e. The molecule has 1 aliphatic carbocycles. The Kier molecular flexibility index (Phi) is 5.46. The monoisotopic (exact) mass is 415 g/mol. The average Bonchev–Trinajstić information content (AvgIpc) is 3.15. The van der Waals surface area contributed by atoms with E-state index in [1.165, 1.54) is 12.1 Å². The van der Waals surface area contributed by atoms with Gasteiger partial charge in [0.2, 0.25) is 5.91 Å². The minimum Gasteiger partial charge on any atom is -0.307 e. The molecule has 0 N–H and O–H groups in total. The third kappa shape index (κ3) is 4.37. The van der Waals surface area contributed by atoms with Gasteiger partial charge in [-0.25, -0.2) is 0 Å². The first kappa shape index (κ1) is 19.7. The van der Waals surface area contributed by atoms with E-state index in [1.54, 1.807) is 16.2 Å². The molecule has 0 saturated heterocycles. The molecule has 1 heterocycles. The number of hydrogen-bond donors (Lipinski definition) is 0. The molecule has 0 bridgehead atoms. The second-order valence-electron chi connectivity index (χ2n) is 7.28. The van der Waals surface area contributed by atoms with E-state index in [9.17, 15) is 18.0 Å². The van der Waals surface area contributed by atoms with Crippen LogP contribution in [0.2, 0.25) is 0 Å². The number of anilines is 1. The lowest BCUT2D eigenvalue weighted by Gasteiger charge is -2.31. The van der Waals surface area contributed by atoms with Crippen molar-refractivity contribution in [3.63, 3.8) is 0 Å². The number of nitrogens with zero attached hydrogens (tertiary/aromatic N) is 1. The fraction of sp³-hybridized carbons (Fsp3) is 0.261. The fourth-order valence-electron chi connectivity index (χ4n) is 3.38. The summed E-state index contributed by atoms with van der Waals surface area (Å²) in [5.74, 6) is 0.0538. The topological polar surface area (TPSA) is 20.3 Å². The highest BCUT2D eigenvalue weighted by Crippen LogP contribution is 2.36. The van der Waals surface area contributed by atoms with E-state index in [1.807, 2.05) is 41.8 Å². The van der Waals surface area contributed by atoms with Crippen LogP contribution in [0.15, 0.2) is 66.0 Å². The molecule has 150 valence electrons. The molecule has 3 aromatic rings. The summed E-state index contributed by atoms with van der Waals surface area (Å²) in [5.41, 5.74) is 1.87. The Morgan fingerprint density at radius 2 is 1.72 bits per heavy atom. The summed E-state index contributed by atoms with van der Waals surface area (Å²) in [7, 11) is 0. The van der Waals surface area contributed by atoms with Gasteiger partial charge in [-0.15, -0.1) is 11.3 Å². The van der Waals surface area contributed by atoms with Crippen LogP contribution >= 0.6 is 11.3 Å². The molecule has 2 nitrogen and oxygen atoms in total. The third-order valence-electron chi connectivity index (χ3n) is 5.30. The maximum atomic E-state index is 13.1. The highest BCUT2D eigenvalue weighted by molar-refractivity contribution is 7.14. The Morgan fingerprint density at radius 3 is 2.31 bits per heavy atom. The van der Waals surface area contributed by atoms with Crippen LogP contribution in [-0.2, 0) is 17.5 Å². The molecule has 0 radical (unpaired) electrons. The Labute approximate surface area is 171 Å². The number of alkyl halides is 3. The summed E-state index contributed by atoms with van der Waals surface area (Å²) >= 11 is 1.56. The van der Waals surface area contributed by atoms with Crippen LogP contribution < -0.4 is 4.90 Å². The van der Waals surface area contributed by atoms with Crippen LogP contribution in [0.25, 0.3) is 10.4 Å². The van der Waals surface area contributed by atoms with Crippen molar-refractivity contribution in [3.05, 3.63) is 77.2 Å². The molecule has 4 rings (SSSR count). The Balaban J connectivity index is 1.60. The van der Waals surface area contributed by atoms with Gasteiger partial charge in [-0.1, -0.05) is 48.9 Å². The predicted molar refractivity (Wildman–Crippen MR) is 110 cm³/mol. The van der Waals surface area contributed by atoms with Crippen molar-refractivity contribution in [2.75, 3.05) is 4.90 Å². The lowest BCUT2D eigenvalue weighted by atomic mass is 9.84. The zero-order chi connectivity index (χ0) is 20.4. The van der Waals surface area contributed by atoms with Gasteiger partial charge >= 0.3 is 6.18 Å². The Hall–Kier alpha value is -2.60. The first-order valence-corrected chi connectivity index (χ1v) is 10.4. The molecular weight excluding hydrogens is 395 g/mol. The van der Waals surface area contributed by atoms with Gasteiger partial charge in [0.15, 0.2) is 0 Å². The summed E-state index contributed by atoms with van der Waals surface area (Å²) in [5, 5.41) is 1.95. The number of amides is 1. The molecule has 1 fully saturated rings. The predicted octanol–water partition coefficient (Wildman–Crippen LogP) is 6.77. The van der Waals surface area contributed by atoms with Crippen molar-refractivity contribution < 1.29 is 18.0 Å². The van der Waals surface area contributed by atoms with E-state index in [2.05, 4.69) is 0 Å². The van der Waals surface area contributed by atoms with Gasteiger partial charge in [-0.2, -0.15) is 13.2 Å². The quantitative estimate of drug-likeness (QED) is 0.450. The minimum atomic E-state index is -4.36. The molecule has 1 aliphatic rings. The number of carbonyl (C=O) groups is 1. The van der Waals surface area contributed by atoms with Gasteiger partial charge in [0.05, 0.1) is 17.8 Å². The number of benzene rings is 2. The van der Waals surface area contributed by atoms with Gasteiger partial charge in [0.25, 0.3) is 0 Å². The Morgan fingerprint density at radius 1 is 1.03 bits per heavy atom. The van der Waals surface area contributed by atoms with Crippen LogP contribution in [0, 0.1) is 5.92 Å². The van der Waals surface area contributed by atoms with Crippen molar-refractivity contribution in [2.24, 2.45) is 5.92 Å². The van der Waals surface area contributed by atoms with E-state index in [4.69, 9.17) is 0 Å². The summed E-state index contributed by atoms with van der Waals surface area (Å²) < 4.78 is 38.5. The molecule has 1 aromatic heterocycles. The zero-order valence-corrected chi connectivity index (χ0v) is 16.5. The first-order valence-electron chi connectivity index (χ1n) is 9.53. The molecule has 0 unspecified atom stereocenters. The van der Waals surface area contributed by atoms with Crippen LogP contribution in [-0.4, -0.2) is 5.91 Å². The molecule has 29 heavy (non-hydrogen) atoms. The molecule has 0 spiro atoms. The summed E-state index contributed by atoms with van der Waals surface area (Å²) in [6, 6.07) is 17.0. The van der Waals surface area contributed by atoms with Crippen molar-refractivity contribution in [3.8, 4) is 10.4 Å². The Bertz CT molecular complexity index is 975. The number of thiophene rings is 1. The van der Waals surface area contributed by atoms with Gasteiger partial charge in [-0.3, -0.25) is 4.79 Å². The largest absolute Gasteiger partial charge is 0.416 e. The maximum absolute atomic E-state index is 13.1. The number of hydrogen-bond acceptors (Lipinski definition) is 2. The van der Waals surface area contributed by atoms with Gasteiger partial charge in [-0.05, 0) is 42.2 Å². The van der Waals surface area contributed by atoms with E-state index >= 15 is 0 Å². The number of halogens is 3. The highest BCUT2D eigenvalue weighted by Gasteiger charge is 2.32. The lowest BCUT2D eigenvalue weighted by molar-refractivity contribution is -0.137. The third-order valence-corrected chi connectivity index (χ3v) is 6.26. The molecule has 1 amide bonds. The summed E-state index contributed by atoms with van der Waals surface area (Å²) in [4.78, 5) is 15.8. The lowest BCUT2D eigenvalue weighted by Crippen LogP contribution is -2.38. The van der Waals surface area contributed by atoms with E-state index in [0.717, 1.165) is 47.5 Å². The SMILES string of the molecule is O=C(C1CCC1)N(Cc1ccc(C(F)(F)F)cc1)c1csc(-c2ccccc2)c1. The van der Waals surface area contributed by atoms with Crippen LogP contribution in [0.5, 0.6) is 0 Å². The second-order valence-corrected chi connectivity index (χ2v) is 8.19. The van der Waals surface area contributed by atoms with Crippen molar-refractivity contribution in [1.29, 1.82) is 0 Å². The van der Waals surface area contributed by atoms with Gasteiger partial charge in [0, 0.05) is 16.2 Å². The highest BCUT2D eigenvalue weighted by atomic mass is 32.1. The van der Waals surface area contributed by atoms with Crippen molar-refractivity contribution in [2.45, 2.75) is 32.0 Å². The minimum absolute atomic E-state index is 0.00419. The van der Waals surface area contributed by atoms with Crippen molar-refractivity contribution >= 4 is 22.9 Å². The second kappa shape index (κ2) is 8.03. The molecule has 6 heteroatoms.